The third-order valence-corrected chi connectivity index (χ3v) is 2.53. The summed E-state index contributed by atoms with van der Waals surface area (Å²) >= 11 is 5.77. The van der Waals surface area contributed by atoms with Crippen molar-refractivity contribution in [3.63, 3.8) is 0 Å². The summed E-state index contributed by atoms with van der Waals surface area (Å²) in [6.45, 7) is -3.08. The molecule has 0 aliphatic heterocycles. The van der Waals surface area contributed by atoms with E-state index in [1.165, 1.54) is 18.2 Å². The summed E-state index contributed by atoms with van der Waals surface area (Å²) in [6, 6.07) is 3.75. The highest BCUT2D eigenvalue weighted by Gasteiger charge is 2.17. The number of anilines is 1. The number of esters is 2. The molecule has 0 unspecified atom stereocenters. The molecule has 0 bridgehead atoms. The molecule has 1 N–H and O–H groups in total. The lowest BCUT2D eigenvalue weighted by atomic mass is 10.2. The number of benzene rings is 1. The molecule has 0 saturated heterocycles. The molecule has 0 radical (unpaired) electrons. The second-order valence-electron chi connectivity index (χ2n) is 3.72. The molecular weight excluding hydrogens is 324 g/mol. The van der Waals surface area contributed by atoms with Crippen molar-refractivity contribution in [1.29, 1.82) is 0 Å². The van der Waals surface area contributed by atoms with Crippen molar-refractivity contribution < 1.29 is 32.6 Å². The largest absolute Gasteiger partial charge is 0.466 e. The van der Waals surface area contributed by atoms with Crippen molar-refractivity contribution >= 4 is 29.2 Å². The molecule has 0 heterocycles. The SMILES string of the molecule is COC(=O)/C=C(/Nc1cc(Cl)ccc1OC(F)F)C(=O)OC. The number of rotatable bonds is 6. The zero-order valence-corrected chi connectivity index (χ0v) is 12.3. The van der Waals surface area contributed by atoms with Crippen LogP contribution in [-0.2, 0) is 19.1 Å². The third-order valence-electron chi connectivity index (χ3n) is 2.30. The molecule has 22 heavy (non-hydrogen) atoms. The first-order valence-corrected chi connectivity index (χ1v) is 6.14. The maximum atomic E-state index is 12.4. The molecule has 0 spiro atoms. The number of carbonyl (C=O) groups is 2. The number of hydrogen-bond acceptors (Lipinski definition) is 6. The predicted octanol–water partition coefficient (Wildman–Crippen LogP) is 2.58. The average molecular weight is 336 g/mol. The first-order valence-electron chi connectivity index (χ1n) is 5.76. The zero-order chi connectivity index (χ0) is 16.7. The van der Waals surface area contributed by atoms with E-state index in [0.717, 1.165) is 20.3 Å². The molecule has 1 aromatic rings. The van der Waals surface area contributed by atoms with Crippen LogP contribution in [0.15, 0.2) is 30.0 Å². The summed E-state index contributed by atoms with van der Waals surface area (Å²) in [7, 11) is 2.20. The highest BCUT2D eigenvalue weighted by molar-refractivity contribution is 6.31. The van der Waals surface area contributed by atoms with E-state index in [9.17, 15) is 18.4 Å². The highest BCUT2D eigenvalue weighted by Crippen LogP contribution is 2.30. The van der Waals surface area contributed by atoms with E-state index in [4.69, 9.17) is 11.6 Å². The highest BCUT2D eigenvalue weighted by atomic mass is 35.5. The fourth-order valence-corrected chi connectivity index (χ4v) is 1.55. The summed E-state index contributed by atoms with van der Waals surface area (Å²) in [5.41, 5.74) is -0.385. The molecular formula is C13H12ClF2NO5. The van der Waals surface area contributed by atoms with Crippen LogP contribution >= 0.6 is 11.6 Å². The number of nitrogens with one attached hydrogen (secondary N) is 1. The van der Waals surface area contributed by atoms with Gasteiger partial charge in [-0.15, -0.1) is 0 Å². The number of halogens is 3. The summed E-state index contributed by atoms with van der Waals surface area (Å²) in [6.07, 6.45) is 0.804. The summed E-state index contributed by atoms with van der Waals surface area (Å²) < 4.78 is 37.9. The van der Waals surface area contributed by atoms with Crippen LogP contribution in [-0.4, -0.2) is 32.8 Å². The molecule has 120 valence electrons. The Labute approximate surface area is 129 Å². The van der Waals surface area contributed by atoms with Gasteiger partial charge >= 0.3 is 18.6 Å². The lowest BCUT2D eigenvalue weighted by Gasteiger charge is -2.14. The molecule has 6 nitrogen and oxygen atoms in total. The van der Waals surface area contributed by atoms with Crippen LogP contribution in [0.3, 0.4) is 0 Å². The van der Waals surface area contributed by atoms with Gasteiger partial charge in [-0.3, -0.25) is 0 Å². The lowest BCUT2D eigenvalue weighted by Crippen LogP contribution is -2.16. The minimum Gasteiger partial charge on any atom is -0.466 e. The Kier molecular flexibility index (Phi) is 6.58. The summed E-state index contributed by atoms with van der Waals surface area (Å²) in [4.78, 5) is 22.8. The van der Waals surface area contributed by atoms with E-state index in [1.807, 2.05) is 0 Å². The van der Waals surface area contributed by atoms with E-state index in [-0.39, 0.29) is 22.2 Å². The van der Waals surface area contributed by atoms with Crippen LogP contribution in [0.5, 0.6) is 5.75 Å². The smallest absolute Gasteiger partial charge is 0.387 e. The van der Waals surface area contributed by atoms with Crippen molar-refractivity contribution in [2.45, 2.75) is 6.61 Å². The maximum Gasteiger partial charge on any atom is 0.387 e. The predicted molar refractivity (Wildman–Crippen MR) is 73.8 cm³/mol. The number of methoxy groups -OCH3 is 2. The Morgan fingerprint density at radius 2 is 1.95 bits per heavy atom. The van der Waals surface area contributed by atoms with E-state index < -0.39 is 18.6 Å². The number of alkyl halides is 2. The Morgan fingerprint density at radius 3 is 2.50 bits per heavy atom. The van der Waals surface area contributed by atoms with Crippen LogP contribution in [0, 0.1) is 0 Å². The van der Waals surface area contributed by atoms with Crippen molar-refractivity contribution in [1.82, 2.24) is 0 Å². The first-order chi connectivity index (χ1) is 10.4. The van der Waals surface area contributed by atoms with Crippen LogP contribution in [0.25, 0.3) is 0 Å². The molecule has 0 aliphatic rings. The van der Waals surface area contributed by atoms with Gasteiger partial charge in [0.15, 0.2) is 0 Å². The van der Waals surface area contributed by atoms with Gasteiger partial charge < -0.3 is 19.5 Å². The molecule has 0 amide bonds. The third kappa shape index (κ3) is 5.21. The summed E-state index contributed by atoms with van der Waals surface area (Å²) in [5.74, 6) is -2.02. The van der Waals surface area contributed by atoms with Crippen LogP contribution in [0.4, 0.5) is 14.5 Å². The normalized spacial score (nSPS) is 11.1. The van der Waals surface area contributed by atoms with E-state index in [1.54, 1.807) is 0 Å². The molecule has 0 aliphatic carbocycles. The fraction of sp³-hybridized carbons (Fsp3) is 0.231. The average Bonchev–Trinajstić information content (AvgIpc) is 2.47. The molecule has 0 atom stereocenters. The number of hydrogen-bond donors (Lipinski definition) is 1. The maximum absolute atomic E-state index is 12.4. The zero-order valence-electron chi connectivity index (χ0n) is 11.6. The van der Waals surface area contributed by atoms with Gasteiger partial charge in [-0.2, -0.15) is 8.78 Å². The van der Waals surface area contributed by atoms with Crippen LogP contribution in [0.2, 0.25) is 5.02 Å². The van der Waals surface area contributed by atoms with Gasteiger partial charge in [0.05, 0.1) is 26.0 Å². The minimum atomic E-state index is -3.08. The molecule has 0 fully saturated rings. The van der Waals surface area contributed by atoms with Crippen LogP contribution < -0.4 is 10.1 Å². The van der Waals surface area contributed by atoms with Gasteiger partial charge in [-0.05, 0) is 18.2 Å². The Bertz CT molecular complexity index is 592. The van der Waals surface area contributed by atoms with Gasteiger partial charge in [0.2, 0.25) is 0 Å². The van der Waals surface area contributed by atoms with Crippen molar-refractivity contribution in [3.8, 4) is 5.75 Å². The molecule has 1 rings (SSSR count). The van der Waals surface area contributed by atoms with Gasteiger partial charge in [0, 0.05) is 5.02 Å². The number of ether oxygens (including phenoxy) is 3. The molecule has 0 saturated carbocycles. The standard InChI is InChI=1S/C13H12ClF2NO5/c1-20-11(18)6-9(12(19)21-2)17-8-5-7(14)3-4-10(8)22-13(15)16/h3-6,13,17H,1-2H3/b9-6+. The minimum absolute atomic E-state index is 0.0478. The topological polar surface area (TPSA) is 73.9 Å². The first kappa shape index (κ1) is 17.7. The lowest BCUT2D eigenvalue weighted by molar-refractivity contribution is -0.138. The second-order valence-corrected chi connectivity index (χ2v) is 4.15. The monoisotopic (exact) mass is 335 g/mol. The van der Waals surface area contributed by atoms with E-state index >= 15 is 0 Å². The van der Waals surface area contributed by atoms with Crippen molar-refractivity contribution in [2.75, 3.05) is 19.5 Å². The Hall–Kier alpha value is -2.35. The molecule has 9 heteroatoms. The Balaban J connectivity index is 3.17. The van der Waals surface area contributed by atoms with Gasteiger partial charge in [-0.25, -0.2) is 9.59 Å². The van der Waals surface area contributed by atoms with Gasteiger partial charge in [-0.1, -0.05) is 11.6 Å². The fourth-order valence-electron chi connectivity index (χ4n) is 1.38. The Morgan fingerprint density at radius 1 is 1.27 bits per heavy atom. The molecule has 0 aromatic heterocycles. The number of carbonyl (C=O) groups excluding carboxylic acids is 2. The second kappa shape index (κ2) is 8.18. The van der Waals surface area contributed by atoms with Crippen LogP contribution in [0.1, 0.15) is 0 Å². The van der Waals surface area contributed by atoms with Gasteiger partial charge in [0.25, 0.3) is 0 Å². The van der Waals surface area contributed by atoms with Crippen molar-refractivity contribution in [2.24, 2.45) is 0 Å². The van der Waals surface area contributed by atoms with Gasteiger partial charge in [0.1, 0.15) is 11.4 Å². The van der Waals surface area contributed by atoms with Crippen molar-refractivity contribution in [3.05, 3.63) is 35.0 Å². The van der Waals surface area contributed by atoms with E-state index in [2.05, 4.69) is 19.5 Å². The summed E-state index contributed by atoms with van der Waals surface area (Å²) in [5, 5.41) is 2.65. The van der Waals surface area contributed by atoms with E-state index in [0.29, 0.717) is 0 Å². The quantitative estimate of drug-likeness (QED) is 0.636. The molecule has 1 aromatic carbocycles.